The van der Waals surface area contributed by atoms with E-state index in [0.29, 0.717) is 24.0 Å². The first-order valence-electron chi connectivity index (χ1n) is 7.50. The van der Waals surface area contributed by atoms with Crippen molar-refractivity contribution in [3.8, 4) is 11.5 Å². The second-order valence-electron chi connectivity index (χ2n) is 6.29. The summed E-state index contributed by atoms with van der Waals surface area (Å²) < 4.78 is 11.0. The Bertz CT molecular complexity index is 554. The number of nitrogens with zero attached hydrogens (tertiary/aromatic N) is 1. The van der Waals surface area contributed by atoms with Crippen LogP contribution in [0.5, 0.6) is 11.5 Å². The van der Waals surface area contributed by atoms with E-state index in [1.54, 1.807) is 18.2 Å². The molecule has 0 atom stereocenters. The lowest BCUT2D eigenvalue weighted by molar-refractivity contribution is -0.156. The average Bonchev–Trinajstić information content (AvgIpc) is 2.50. The molecule has 0 spiro atoms. The fraction of sp³-hybridized carbons (Fsp3) is 0.529. The van der Waals surface area contributed by atoms with Crippen LogP contribution in [-0.4, -0.2) is 47.7 Å². The van der Waals surface area contributed by atoms with Gasteiger partial charge in [0.1, 0.15) is 17.0 Å². The fourth-order valence-corrected chi connectivity index (χ4v) is 1.61. The molecule has 0 saturated carbocycles. The van der Waals surface area contributed by atoms with Crippen LogP contribution in [-0.2, 0) is 9.59 Å². The minimum Gasteiger partial charge on any atom is -0.493 e. The van der Waals surface area contributed by atoms with Crippen LogP contribution in [0.3, 0.4) is 0 Å². The van der Waals surface area contributed by atoms with Gasteiger partial charge in [-0.3, -0.25) is 4.79 Å². The van der Waals surface area contributed by atoms with E-state index in [-0.39, 0.29) is 6.61 Å². The van der Waals surface area contributed by atoms with E-state index in [9.17, 15) is 9.59 Å². The molecule has 0 heterocycles. The molecule has 0 fully saturated rings. The van der Waals surface area contributed by atoms with Crippen LogP contribution in [0.2, 0.25) is 0 Å². The summed E-state index contributed by atoms with van der Waals surface area (Å²) in [7, 11) is 1.45. The van der Waals surface area contributed by atoms with Gasteiger partial charge in [-0.2, -0.15) is 0 Å². The third-order valence-electron chi connectivity index (χ3n) is 3.49. The summed E-state index contributed by atoms with van der Waals surface area (Å²) in [5.74, 6) is 0.0976. The predicted octanol–water partition coefficient (Wildman–Crippen LogP) is 2.42. The number of likely N-dealkylation sites (N-methyl/N-ethyl adjacent to an activating group) is 1. The van der Waals surface area contributed by atoms with Crippen molar-refractivity contribution in [3.05, 3.63) is 24.3 Å². The molecule has 1 amide bonds. The number of hydrogen-bond donors (Lipinski definition) is 1. The lowest BCUT2D eigenvalue weighted by Gasteiger charge is -2.31. The Morgan fingerprint density at radius 2 is 1.78 bits per heavy atom. The lowest BCUT2D eigenvalue weighted by Crippen LogP contribution is -2.52. The zero-order valence-electron chi connectivity index (χ0n) is 14.3. The highest BCUT2D eigenvalue weighted by Gasteiger charge is 2.35. The average molecular weight is 323 g/mol. The summed E-state index contributed by atoms with van der Waals surface area (Å²) in [6.45, 7) is 7.40. The Balaban J connectivity index is 2.62. The second-order valence-corrected chi connectivity index (χ2v) is 6.29. The number of benzene rings is 1. The number of carbonyl (C=O) groups excluding carboxylic acids is 1. The molecule has 0 aliphatic heterocycles. The zero-order chi connectivity index (χ0) is 17.6. The Labute approximate surface area is 137 Å². The number of carbonyl (C=O) groups is 2. The lowest BCUT2D eigenvalue weighted by atomic mass is 10.0. The molecule has 1 rings (SSSR count). The van der Waals surface area contributed by atoms with Gasteiger partial charge < -0.3 is 19.5 Å². The van der Waals surface area contributed by atoms with Crippen LogP contribution in [0.25, 0.3) is 0 Å². The molecule has 0 unspecified atom stereocenters. The van der Waals surface area contributed by atoms with Crippen LogP contribution in [0.1, 0.15) is 27.7 Å². The molecular formula is C17H25NO5. The van der Waals surface area contributed by atoms with Crippen LogP contribution >= 0.6 is 0 Å². The van der Waals surface area contributed by atoms with E-state index in [1.807, 2.05) is 6.07 Å². The van der Waals surface area contributed by atoms with Crippen LogP contribution in [0, 0.1) is 5.92 Å². The minimum absolute atomic E-state index is 0.235. The van der Waals surface area contributed by atoms with Gasteiger partial charge in [0.25, 0.3) is 5.91 Å². The van der Waals surface area contributed by atoms with Gasteiger partial charge in [0.2, 0.25) is 0 Å². The molecule has 0 radical (unpaired) electrons. The van der Waals surface area contributed by atoms with Gasteiger partial charge in [0, 0.05) is 13.1 Å². The molecule has 0 bridgehead atoms. The molecular weight excluding hydrogens is 298 g/mol. The van der Waals surface area contributed by atoms with Crippen LogP contribution in [0.4, 0.5) is 0 Å². The van der Waals surface area contributed by atoms with Gasteiger partial charge in [-0.1, -0.05) is 19.9 Å². The molecule has 0 saturated heterocycles. The number of carboxylic acid groups (broad SMARTS) is 1. The predicted molar refractivity (Wildman–Crippen MR) is 86.8 cm³/mol. The van der Waals surface area contributed by atoms with E-state index in [4.69, 9.17) is 14.6 Å². The molecule has 0 aliphatic carbocycles. The normalized spacial score (nSPS) is 11.2. The van der Waals surface area contributed by atoms with Gasteiger partial charge >= 0.3 is 5.97 Å². The smallest absolute Gasteiger partial charge is 0.329 e. The van der Waals surface area contributed by atoms with Gasteiger partial charge in [0.15, 0.2) is 6.61 Å². The maximum absolute atomic E-state index is 12.1. The molecule has 0 aromatic heterocycles. The van der Waals surface area contributed by atoms with Crippen molar-refractivity contribution in [1.29, 1.82) is 0 Å². The highest BCUT2D eigenvalue weighted by Crippen LogP contribution is 2.20. The van der Waals surface area contributed by atoms with E-state index in [1.165, 1.54) is 20.9 Å². The second kappa shape index (κ2) is 7.85. The molecule has 128 valence electrons. The minimum atomic E-state index is -1.29. The molecule has 6 heteroatoms. The third kappa shape index (κ3) is 5.47. The van der Waals surface area contributed by atoms with Gasteiger partial charge in [-0.25, -0.2) is 4.79 Å². The number of amides is 1. The number of rotatable bonds is 8. The number of ether oxygens (including phenoxy) is 2. The first-order chi connectivity index (χ1) is 10.6. The molecule has 6 nitrogen and oxygen atoms in total. The number of aliphatic carboxylic acids is 1. The van der Waals surface area contributed by atoms with Crippen molar-refractivity contribution in [2.75, 3.05) is 20.3 Å². The fourth-order valence-electron chi connectivity index (χ4n) is 1.61. The standard InChI is InChI=1S/C17H25NO5/c1-12(2)10-22-13-7-6-8-14(9-13)23-11-15(19)18(5)17(3,4)16(20)21/h6-9,12H,10-11H2,1-5H3,(H,20,21). The topological polar surface area (TPSA) is 76.1 Å². The molecule has 1 N–H and O–H groups in total. The first-order valence-corrected chi connectivity index (χ1v) is 7.50. The Morgan fingerprint density at radius 1 is 1.22 bits per heavy atom. The summed E-state index contributed by atoms with van der Waals surface area (Å²) in [5.41, 5.74) is -1.29. The maximum atomic E-state index is 12.1. The third-order valence-corrected chi connectivity index (χ3v) is 3.49. The van der Waals surface area contributed by atoms with Crippen LogP contribution in [0.15, 0.2) is 24.3 Å². The zero-order valence-corrected chi connectivity index (χ0v) is 14.3. The molecule has 1 aromatic rings. The summed E-state index contributed by atoms with van der Waals surface area (Å²) in [5, 5.41) is 9.13. The Morgan fingerprint density at radius 3 is 2.30 bits per heavy atom. The van der Waals surface area contributed by atoms with Crippen molar-refractivity contribution in [2.24, 2.45) is 5.92 Å². The van der Waals surface area contributed by atoms with E-state index in [2.05, 4.69) is 13.8 Å². The van der Waals surface area contributed by atoms with Crippen molar-refractivity contribution in [1.82, 2.24) is 4.90 Å². The van der Waals surface area contributed by atoms with Crippen LogP contribution < -0.4 is 9.47 Å². The quantitative estimate of drug-likeness (QED) is 0.795. The van der Waals surface area contributed by atoms with E-state index < -0.39 is 17.4 Å². The van der Waals surface area contributed by atoms with Gasteiger partial charge in [-0.15, -0.1) is 0 Å². The highest BCUT2D eigenvalue weighted by atomic mass is 16.5. The molecule has 1 aromatic carbocycles. The van der Waals surface area contributed by atoms with Gasteiger partial charge in [0.05, 0.1) is 6.61 Å². The van der Waals surface area contributed by atoms with Crippen molar-refractivity contribution < 1.29 is 24.2 Å². The summed E-state index contributed by atoms with van der Waals surface area (Å²) >= 11 is 0. The molecule has 23 heavy (non-hydrogen) atoms. The van der Waals surface area contributed by atoms with E-state index >= 15 is 0 Å². The number of hydrogen-bond acceptors (Lipinski definition) is 4. The summed E-state index contributed by atoms with van der Waals surface area (Å²) in [6.07, 6.45) is 0. The summed E-state index contributed by atoms with van der Waals surface area (Å²) in [6, 6.07) is 7.02. The largest absolute Gasteiger partial charge is 0.493 e. The van der Waals surface area contributed by atoms with Crippen molar-refractivity contribution >= 4 is 11.9 Å². The highest BCUT2D eigenvalue weighted by molar-refractivity contribution is 5.86. The van der Waals surface area contributed by atoms with Gasteiger partial charge in [-0.05, 0) is 31.9 Å². The van der Waals surface area contributed by atoms with Crippen molar-refractivity contribution in [2.45, 2.75) is 33.2 Å². The van der Waals surface area contributed by atoms with E-state index in [0.717, 1.165) is 4.90 Å². The first kappa shape index (κ1) is 18.8. The summed E-state index contributed by atoms with van der Waals surface area (Å²) in [4.78, 5) is 24.4. The molecule has 0 aliphatic rings. The monoisotopic (exact) mass is 323 g/mol. The maximum Gasteiger partial charge on any atom is 0.329 e. The number of carboxylic acids is 1. The Kier molecular flexibility index (Phi) is 6.42. The Hall–Kier alpha value is -2.24. The SMILES string of the molecule is CC(C)COc1cccc(OCC(=O)N(C)C(C)(C)C(=O)O)c1. The van der Waals surface area contributed by atoms with Crippen molar-refractivity contribution in [3.63, 3.8) is 0 Å².